The van der Waals surface area contributed by atoms with Crippen molar-refractivity contribution in [2.24, 2.45) is 0 Å². The van der Waals surface area contributed by atoms with E-state index in [2.05, 4.69) is 44.5 Å². The minimum Gasteiger partial charge on any atom is -0.339 e. The summed E-state index contributed by atoms with van der Waals surface area (Å²) in [6, 6.07) is 0.502. The van der Waals surface area contributed by atoms with E-state index in [-0.39, 0.29) is 0 Å². The Hall–Kier alpha value is -1.76. The maximum absolute atomic E-state index is 5.12. The SMILES string of the molecule is CC(C)NCCCc1nc(-c2ncn[nH]2)no1. The smallest absolute Gasteiger partial charge is 0.239 e. The molecule has 0 amide bonds. The first kappa shape index (κ1) is 11.7. The van der Waals surface area contributed by atoms with Gasteiger partial charge in [-0.05, 0) is 13.0 Å². The van der Waals surface area contributed by atoms with E-state index in [0.717, 1.165) is 19.4 Å². The lowest BCUT2D eigenvalue weighted by atomic mass is 10.3. The molecule has 0 atom stereocenters. The Morgan fingerprint density at radius 2 is 2.35 bits per heavy atom. The topological polar surface area (TPSA) is 92.5 Å². The first-order chi connectivity index (χ1) is 8.25. The zero-order valence-electron chi connectivity index (χ0n) is 9.97. The third kappa shape index (κ3) is 3.35. The Kier molecular flexibility index (Phi) is 3.81. The Balaban J connectivity index is 1.83. The van der Waals surface area contributed by atoms with Gasteiger partial charge in [0.25, 0.3) is 0 Å². The van der Waals surface area contributed by atoms with Gasteiger partial charge in [-0.3, -0.25) is 5.10 Å². The molecule has 0 saturated heterocycles. The lowest BCUT2D eigenvalue weighted by Crippen LogP contribution is -2.23. The maximum Gasteiger partial charge on any atom is 0.239 e. The van der Waals surface area contributed by atoms with Crippen molar-refractivity contribution >= 4 is 0 Å². The minimum absolute atomic E-state index is 0.453. The van der Waals surface area contributed by atoms with Crippen LogP contribution in [0, 0.1) is 0 Å². The van der Waals surface area contributed by atoms with Crippen LogP contribution in [-0.2, 0) is 6.42 Å². The summed E-state index contributed by atoms with van der Waals surface area (Å²) in [5, 5.41) is 13.6. The first-order valence-corrected chi connectivity index (χ1v) is 5.67. The minimum atomic E-state index is 0.453. The van der Waals surface area contributed by atoms with Crippen LogP contribution in [0.4, 0.5) is 0 Å². The van der Waals surface area contributed by atoms with Crippen LogP contribution >= 0.6 is 0 Å². The highest BCUT2D eigenvalue weighted by atomic mass is 16.5. The number of rotatable bonds is 6. The van der Waals surface area contributed by atoms with Crippen LogP contribution in [0.1, 0.15) is 26.2 Å². The van der Waals surface area contributed by atoms with Gasteiger partial charge in [-0.2, -0.15) is 10.1 Å². The third-order valence-corrected chi connectivity index (χ3v) is 2.21. The van der Waals surface area contributed by atoms with Crippen molar-refractivity contribution in [3.63, 3.8) is 0 Å². The molecule has 2 rings (SSSR count). The van der Waals surface area contributed by atoms with Crippen LogP contribution in [0.2, 0.25) is 0 Å². The molecule has 2 aromatic rings. The Labute approximate surface area is 99.0 Å². The van der Waals surface area contributed by atoms with Gasteiger partial charge in [-0.15, -0.1) is 0 Å². The van der Waals surface area contributed by atoms with Crippen LogP contribution in [0.5, 0.6) is 0 Å². The van der Waals surface area contributed by atoms with Crippen molar-refractivity contribution in [1.29, 1.82) is 0 Å². The molecule has 2 aromatic heterocycles. The van der Waals surface area contributed by atoms with E-state index in [1.165, 1.54) is 6.33 Å². The summed E-state index contributed by atoms with van der Waals surface area (Å²) in [6.07, 6.45) is 3.15. The molecule has 0 aliphatic rings. The summed E-state index contributed by atoms with van der Waals surface area (Å²) in [7, 11) is 0. The molecule has 0 bridgehead atoms. The fraction of sp³-hybridized carbons (Fsp3) is 0.600. The number of H-pyrrole nitrogens is 1. The van der Waals surface area contributed by atoms with Crippen molar-refractivity contribution in [2.45, 2.75) is 32.7 Å². The third-order valence-electron chi connectivity index (χ3n) is 2.21. The van der Waals surface area contributed by atoms with Crippen molar-refractivity contribution in [1.82, 2.24) is 30.6 Å². The van der Waals surface area contributed by atoms with E-state index in [1.54, 1.807) is 0 Å². The Morgan fingerprint density at radius 3 is 3.06 bits per heavy atom. The monoisotopic (exact) mass is 236 g/mol. The van der Waals surface area contributed by atoms with E-state index in [0.29, 0.717) is 23.6 Å². The summed E-state index contributed by atoms with van der Waals surface area (Å²) in [5.74, 6) is 1.61. The second-order valence-corrected chi connectivity index (χ2v) is 4.06. The molecule has 0 spiro atoms. The number of aromatic nitrogens is 5. The summed E-state index contributed by atoms with van der Waals surface area (Å²) >= 11 is 0. The van der Waals surface area contributed by atoms with Crippen LogP contribution in [-0.4, -0.2) is 37.9 Å². The standard InChI is InChI=1S/C10H16N6O/c1-7(2)11-5-3-4-8-14-10(16-17-8)9-12-6-13-15-9/h6-7,11H,3-5H2,1-2H3,(H,12,13,15). The maximum atomic E-state index is 5.12. The zero-order chi connectivity index (χ0) is 12.1. The molecule has 2 N–H and O–H groups in total. The Morgan fingerprint density at radius 1 is 1.47 bits per heavy atom. The van der Waals surface area contributed by atoms with Crippen LogP contribution in [0.3, 0.4) is 0 Å². The molecule has 2 heterocycles. The van der Waals surface area contributed by atoms with E-state index in [9.17, 15) is 0 Å². The number of hydrogen-bond donors (Lipinski definition) is 2. The van der Waals surface area contributed by atoms with Crippen molar-refractivity contribution in [3.05, 3.63) is 12.2 Å². The average Bonchev–Trinajstić information content (AvgIpc) is 2.94. The first-order valence-electron chi connectivity index (χ1n) is 5.67. The summed E-state index contributed by atoms with van der Waals surface area (Å²) in [6.45, 7) is 5.18. The molecule has 0 fully saturated rings. The molecule has 7 nitrogen and oxygen atoms in total. The normalized spacial score (nSPS) is 11.2. The molecule has 0 aromatic carbocycles. The fourth-order valence-electron chi connectivity index (χ4n) is 1.40. The van der Waals surface area contributed by atoms with Gasteiger partial charge in [0, 0.05) is 12.5 Å². The van der Waals surface area contributed by atoms with Gasteiger partial charge in [0.1, 0.15) is 6.33 Å². The lowest BCUT2D eigenvalue weighted by molar-refractivity contribution is 0.373. The van der Waals surface area contributed by atoms with Gasteiger partial charge >= 0.3 is 0 Å². The Bertz CT molecular complexity index is 435. The van der Waals surface area contributed by atoms with Gasteiger partial charge in [0.05, 0.1) is 0 Å². The van der Waals surface area contributed by atoms with Crippen molar-refractivity contribution in [2.75, 3.05) is 6.54 Å². The molecule has 0 saturated carbocycles. The fourth-order valence-corrected chi connectivity index (χ4v) is 1.40. The number of aryl methyl sites for hydroxylation is 1. The van der Waals surface area contributed by atoms with Crippen molar-refractivity contribution in [3.8, 4) is 11.6 Å². The van der Waals surface area contributed by atoms with Crippen LogP contribution in [0.15, 0.2) is 10.9 Å². The second kappa shape index (κ2) is 5.53. The quantitative estimate of drug-likeness (QED) is 0.720. The van der Waals surface area contributed by atoms with Gasteiger partial charge in [0.15, 0.2) is 5.82 Å². The molecule has 0 unspecified atom stereocenters. The van der Waals surface area contributed by atoms with Crippen molar-refractivity contribution < 1.29 is 4.52 Å². The predicted molar refractivity (Wildman–Crippen MR) is 61.1 cm³/mol. The van der Waals surface area contributed by atoms with E-state index in [4.69, 9.17) is 4.52 Å². The number of nitrogens with zero attached hydrogens (tertiary/aromatic N) is 4. The molecule has 0 aliphatic carbocycles. The van der Waals surface area contributed by atoms with Crippen LogP contribution in [0.25, 0.3) is 11.6 Å². The van der Waals surface area contributed by atoms with Gasteiger partial charge in [-0.25, -0.2) is 4.98 Å². The summed E-state index contributed by atoms with van der Waals surface area (Å²) in [4.78, 5) is 8.19. The van der Waals surface area contributed by atoms with Gasteiger partial charge in [-0.1, -0.05) is 19.0 Å². The summed E-state index contributed by atoms with van der Waals surface area (Å²) < 4.78 is 5.12. The van der Waals surface area contributed by atoms with Gasteiger partial charge in [0.2, 0.25) is 11.7 Å². The van der Waals surface area contributed by atoms with Gasteiger partial charge < -0.3 is 9.84 Å². The van der Waals surface area contributed by atoms with E-state index in [1.807, 2.05) is 0 Å². The highest BCUT2D eigenvalue weighted by molar-refractivity contribution is 5.39. The predicted octanol–water partition coefficient (Wildman–Crippen LogP) is 0.785. The average molecular weight is 236 g/mol. The molecule has 7 heteroatoms. The molecular formula is C10H16N6O. The van der Waals surface area contributed by atoms with E-state index < -0.39 is 0 Å². The molecule has 0 aliphatic heterocycles. The lowest BCUT2D eigenvalue weighted by Gasteiger charge is -2.05. The highest BCUT2D eigenvalue weighted by Gasteiger charge is 2.10. The zero-order valence-corrected chi connectivity index (χ0v) is 9.97. The largest absolute Gasteiger partial charge is 0.339 e. The molecule has 92 valence electrons. The number of hydrogen-bond acceptors (Lipinski definition) is 6. The molecule has 17 heavy (non-hydrogen) atoms. The second-order valence-electron chi connectivity index (χ2n) is 4.06. The van der Waals surface area contributed by atoms with E-state index >= 15 is 0 Å². The number of aromatic amines is 1. The van der Waals surface area contributed by atoms with Crippen LogP contribution < -0.4 is 5.32 Å². The molecular weight excluding hydrogens is 220 g/mol. The highest BCUT2D eigenvalue weighted by Crippen LogP contribution is 2.09. The summed E-state index contributed by atoms with van der Waals surface area (Å²) in [5.41, 5.74) is 0. The number of nitrogens with one attached hydrogen (secondary N) is 2. The molecule has 0 radical (unpaired) electrons.